The predicted octanol–water partition coefficient (Wildman–Crippen LogP) is 2.16. The fraction of sp³-hybridized carbons (Fsp3) is 0.381. The summed E-state index contributed by atoms with van der Waals surface area (Å²) in [5.74, 6) is 0.211. The summed E-state index contributed by atoms with van der Waals surface area (Å²) in [6.07, 6.45) is 3.12. The molecule has 0 spiro atoms. The van der Waals surface area contributed by atoms with E-state index in [4.69, 9.17) is 11.6 Å². The Morgan fingerprint density at radius 2 is 1.84 bits per heavy atom. The summed E-state index contributed by atoms with van der Waals surface area (Å²) in [6, 6.07) is 6.68. The molecule has 2 amide bonds. The molecule has 11 heteroatoms. The highest BCUT2D eigenvalue weighted by atomic mass is 35.5. The van der Waals surface area contributed by atoms with Crippen LogP contribution in [0.5, 0.6) is 0 Å². The van der Waals surface area contributed by atoms with Crippen molar-refractivity contribution in [3.8, 4) is 0 Å². The number of nitrogens with zero attached hydrogens (tertiary/aromatic N) is 5. The summed E-state index contributed by atoms with van der Waals surface area (Å²) in [5, 5.41) is 5.32. The van der Waals surface area contributed by atoms with Crippen molar-refractivity contribution in [3.05, 3.63) is 58.0 Å². The van der Waals surface area contributed by atoms with Crippen LogP contribution < -0.4 is 0 Å². The summed E-state index contributed by atoms with van der Waals surface area (Å²) >= 11 is 5.82. The van der Waals surface area contributed by atoms with Gasteiger partial charge in [-0.15, -0.1) is 0 Å². The summed E-state index contributed by atoms with van der Waals surface area (Å²) in [5.41, 5.74) is 1.57. The quantitative estimate of drug-likeness (QED) is 0.632. The van der Waals surface area contributed by atoms with Crippen molar-refractivity contribution >= 4 is 39.5 Å². The number of imidazole rings is 1. The Bertz CT molecular complexity index is 1150. The van der Waals surface area contributed by atoms with E-state index in [2.05, 4.69) is 4.98 Å². The van der Waals surface area contributed by atoms with E-state index in [1.54, 1.807) is 51.9 Å². The molecule has 2 aliphatic heterocycles. The average Bonchev–Trinajstić information content (AvgIpc) is 3.31. The number of aryl methyl sites for hydroxylation is 1. The van der Waals surface area contributed by atoms with Crippen LogP contribution in [0.4, 0.5) is 4.79 Å². The van der Waals surface area contributed by atoms with Gasteiger partial charge in [0, 0.05) is 43.0 Å². The highest BCUT2D eigenvalue weighted by Gasteiger charge is 2.35. The molecule has 170 valence electrons. The lowest BCUT2D eigenvalue weighted by molar-refractivity contribution is -0.134. The molecular formula is C21H24ClN5O4S. The number of carbonyl (C=O) groups excluding carboxylic acids is 2. The molecule has 1 fully saturated rings. The smallest absolute Gasteiger partial charge is 0.340 e. The average molecular weight is 478 g/mol. The van der Waals surface area contributed by atoms with Crippen LogP contribution in [0.1, 0.15) is 23.5 Å². The Morgan fingerprint density at radius 3 is 2.50 bits per heavy atom. The SMILES string of the molecule is Cc1ncc2n1C(=O)N(N1CCN(C(=O)CCS(=O)(=O)/C=C/c3ccc(Cl)cc3)CC1)C2. The van der Waals surface area contributed by atoms with Gasteiger partial charge in [0.15, 0.2) is 9.84 Å². The summed E-state index contributed by atoms with van der Waals surface area (Å²) in [6.45, 7) is 4.16. The number of carbonyl (C=O) groups is 2. The van der Waals surface area contributed by atoms with Gasteiger partial charge in [-0.1, -0.05) is 23.7 Å². The minimum absolute atomic E-state index is 0.0771. The van der Waals surface area contributed by atoms with Crippen LogP contribution in [0.15, 0.2) is 35.9 Å². The number of benzene rings is 1. The molecular weight excluding hydrogens is 454 g/mol. The molecule has 3 heterocycles. The number of amides is 2. The minimum atomic E-state index is -3.52. The van der Waals surface area contributed by atoms with Gasteiger partial charge in [0.25, 0.3) is 0 Å². The number of rotatable bonds is 6. The number of fused-ring (bicyclic) bond motifs is 1. The van der Waals surface area contributed by atoms with E-state index in [9.17, 15) is 18.0 Å². The first-order valence-electron chi connectivity index (χ1n) is 10.3. The monoisotopic (exact) mass is 477 g/mol. The first-order chi connectivity index (χ1) is 15.2. The van der Waals surface area contributed by atoms with Crippen LogP contribution in [-0.2, 0) is 21.2 Å². The fourth-order valence-corrected chi connectivity index (χ4v) is 4.91. The molecule has 0 atom stereocenters. The van der Waals surface area contributed by atoms with Crippen molar-refractivity contribution in [2.24, 2.45) is 0 Å². The Kier molecular flexibility index (Phi) is 6.36. The van der Waals surface area contributed by atoms with Gasteiger partial charge in [0.05, 0.1) is 24.2 Å². The standard InChI is InChI=1S/C21H24ClN5O4S/c1-16-23-14-19-15-26(21(29)27(16)19)25-10-8-24(9-11-25)20(28)7-13-32(30,31)12-6-17-2-4-18(22)5-3-17/h2-6,12,14H,7-11,13,15H2,1H3/b12-6+. The van der Waals surface area contributed by atoms with Gasteiger partial charge in [-0.05, 0) is 30.7 Å². The van der Waals surface area contributed by atoms with Gasteiger partial charge in [0.1, 0.15) is 5.82 Å². The molecule has 2 aromatic rings. The van der Waals surface area contributed by atoms with Crippen LogP contribution in [0.3, 0.4) is 0 Å². The molecule has 0 saturated carbocycles. The van der Waals surface area contributed by atoms with E-state index >= 15 is 0 Å². The van der Waals surface area contributed by atoms with E-state index in [1.807, 2.05) is 5.01 Å². The molecule has 1 aromatic heterocycles. The third-order valence-electron chi connectivity index (χ3n) is 5.62. The molecule has 0 N–H and O–H groups in total. The molecule has 0 bridgehead atoms. The predicted molar refractivity (Wildman–Crippen MR) is 120 cm³/mol. The zero-order chi connectivity index (χ0) is 22.9. The Labute approximate surface area is 191 Å². The maximum atomic E-state index is 12.6. The number of hydrazine groups is 1. The van der Waals surface area contributed by atoms with Crippen molar-refractivity contribution in [3.63, 3.8) is 0 Å². The zero-order valence-electron chi connectivity index (χ0n) is 17.6. The van der Waals surface area contributed by atoms with E-state index in [0.29, 0.717) is 43.6 Å². The van der Waals surface area contributed by atoms with Crippen LogP contribution in [0.2, 0.25) is 5.02 Å². The Morgan fingerprint density at radius 1 is 1.16 bits per heavy atom. The number of sulfone groups is 1. The third kappa shape index (κ3) is 4.87. The van der Waals surface area contributed by atoms with Crippen LogP contribution in [-0.4, -0.2) is 76.8 Å². The molecule has 4 rings (SSSR count). The van der Waals surface area contributed by atoms with Crippen LogP contribution in [0.25, 0.3) is 6.08 Å². The number of aromatic nitrogens is 2. The van der Waals surface area contributed by atoms with E-state index in [0.717, 1.165) is 16.7 Å². The minimum Gasteiger partial charge on any atom is -0.340 e. The lowest BCUT2D eigenvalue weighted by atomic mass is 10.2. The lowest BCUT2D eigenvalue weighted by Gasteiger charge is -2.38. The van der Waals surface area contributed by atoms with Gasteiger partial charge >= 0.3 is 6.03 Å². The molecule has 0 radical (unpaired) electrons. The number of halogens is 1. The molecule has 1 aromatic carbocycles. The van der Waals surface area contributed by atoms with Crippen molar-refractivity contribution in [2.75, 3.05) is 31.9 Å². The summed E-state index contributed by atoms with van der Waals surface area (Å²) < 4.78 is 26.2. The summed E-state index contributed by atoms with van der Waals surface area (Å²) in [4.78, 5) is 31.0. The topological polar surface area (TPSA) is 95.8 Å². The number of hydrogen-bond acceptors (Lipinski definition) is 6. The van der Waals surface area contributed by atoms with Gasteiger partial charge < -0.3 is 4.90 Å². The van der Waals surface area contributed by atoms with E-state index in [1.165, 1.54) is 6.08 Å². The van der Waals surface area contributed by atoms with E-state index in [-0.39, 0.29) is 24.1 Å². The first kappa shape index (κ1) is 22.5. The number of hydrogen-bond donors (Lipinski definition) is 0. The second-order valence-electron chi connectivity index (χ2n) is 7.78. The van der Waals surface area contributed by atoms with Crippen LogP contribution in [0, 0.1) is 6.92 Å². The second-order valence-corrected chi connectivity index (χ2v) is 10.2. The molecule has 32 heavy (non-hydrogen) atoms. The molecule has 0 unspecified atom stereocenters. The van der Waals surface area contributed by atoms with Crippen molar-refractivity contribution in [1.29, 1.82) is 0 Å². The highest BCUT2D eigenvalue weighted by Crippen LogP contribution is 2.21. The fourth-order valence-electron chi connectivity index (χ4n) is 3.82. The largest absolute Gasteiger partial charge is 0.344 e. The maximum Gasteiger partial charge on any atom is 0.344 e. The Hall–Kier alpha value is -2.69. The maximum absolute atomic E-state index is 12.6. The van der Waals surface area contributed by atoms with Crippen LogP contribution >= 0.6 is 11.6 Å². The second kappa shape index (κ2) is 9.05. The van der Waals surface area contributed by atoms with Gasteiger partial charge in [0.2, 0.25) is 5.91 Å². The third-order valence-corrected chi connectivity index (χ3v) is 7.20. The molecule has 0 aliphatic carbocycles. The van der Waals surface area contributed by atoms with Crippen molar-refractivity contribution in [1.82, 2.24) is 24.5 Å². The zero-order valence-corrected chi connectivity index (χ0v) is 19.2. The molecule has 9 nitrogen and oxygen atoms in total. The highest BCUT2D eigenvalue weighted by molar-refractivity contribution is 7.94. The van der Waals surface area contributed by atoms with Gasteiger partial charge in [-0.3, -0.25) is 9.80 Å². The van der Waals surface area contributed by atoms with Gasteiger partial charge in [-0.25, -0.2) is 27.8 Å². The molecule has 1 saturated heterocycles. The normalized spacial score (nSPS) is 17.4. The Balaban J connectivity index is 1.26. The number of piperazine rings is 1. The first-order valence-corrected chi connectivity index (χ1v) is 12.4. The lowest BCUT2D eigenvalue weighted by Crippen LogP contribution is -2.55. The van der Waals surface area contributed by atoms with Crippen molar-refractivity contribution < 1.29 is 18.0 Å². The van der Waals surface area contributed by atoms with E-state index < -0.39 is 9.84 Å². The van der Waals surface area contributed by atoms with Crippen molar-refractivity contribution in [2.45, 2.75) is 19.9 Å². The molecule has 2 aliphatic rings. The van der Waals surface area contributed by atoms with Gasteiger partial charge in [-0.2, -0.15) is 0 Å². The summed E-state index contributed by atoms with van der Waals surface area (Å²) in [7, 11) is -3.52.